The predicted octanol–water partition coefficient (Wildman–Crippen LogP) is 2.02. The van der Waals surface area contributed by atoms with Crippen molar-refractivity contribution in [3.05, 3.63) is 0 Å². The van der Waals surface area contributed by atoms with Gasteiger partial charge in [0.1, 0.15) is 0 Å². The smallest absolute Gasteiger partial charge is 0.0587 e. The number of nitrogens with one attached hydrogen (secondary N) is 1. The van der Waals surface area contributed by atoms with Gasteiger partial charge in [0.05, 0.1) is 13.2 Å². The van der Waals surface area contributed by atoms with Crippen molar-refractivity contribution in [1.82, 2.24) is 10.2 Å². The molecule has 4 nitrogen and oxygen atoms in total. The molecule has 0 amide bonds. The van der Waals surface area contributed by atoms with E-state index in [0.29, 0.717) is 18.1 Å². The van der Waals surface area contributed by atoms with E-state index in [1.54, 1.807) is 7.11 Å². The van der Waals surface area contributed by atoms with Crippen molar-refractivity contribution in [2.24, 2.45) is 5.41 Å². The van der Waals surface area contributed by atoms with Gasteiger partial charge in [-0.05, 0) is 37.6 Å². The summed E-state index contributed by atoms with van der Waals surface area (Å²) in [5.41, 5.74) is 0.405. The summed E-state index contributed by atoms with van der Waals surface area (Å²) >= 11 is 0. The highest BCUT2D eigenvalue weighted by Crippen LogP contribution is 2.37. The molecular formula is C17H34N2O2. The standard InChI is InChI=1S/C17H34N2O2/c1-21-12-10-18-14-17(8-4-2-3-5-9-17)15-19-11-6-7-16(19)13-20/h16,18,20H,2-15H2,1H3. The fourth-order valence-electron chi connectivity index (χ4n) is 4.14. The van der Waals surface area contributed by atoms with E-state index < -0.39 is 0 Å². The predicted molar refractivity (Wildman–Crippen MR) is 86.6 cm³/mol. The summed E-state index contributed by atoms with van der Waals surface area (Å²) in [5.74, 6) is 0. The van der Waals surface area contributed by atoms with Gasteiger partial charge in [-0.1, -0.05) is 25.7 Å². The number of hydrogen-bond acceptors (Lipinski definition) is 4. The van der Waals surface area contributed by atoms with Crippen LogP contribution in [0, 0.1) is 5.41 Å². The molecule has 0 aromatic rings. The maximum atomic E-state index is 9.58. The van der Waals surface area contributed by atoms with Gasteiger partial charge >= 0.3 is 0 Å². The van der Waals surface area contributed by atoms with Gasteiger partial charge in [0, 0.05) is 32.8 Å². The van der Waals surface area contributed by atoms with Crippen LogP contribution in [0.5, 0.6) is 0 Å². The molecule has 2 aliphatic rings. The molecule has 2 fully saturated rings. The number of ether oxygens (including phenoxy) is 1. The maximum absolute atomic E-state index is 9.58. The lowest BCUT2D eigenvalue weighted by Gasteiger charge is -2.39. The second-order valence-corrected chi connectivity index (χ2v) is 7.03. The molecule has 1 aliphatic carbocycles. The van der Waals surface area contributed by atoms with Crippen molar-refractivity contribution in [2.45, 2.75) is 57.4 Å². The average molecular weight is 298 g/mol. The summed E-state index contributed by atoms with van der Waals surface area (Å²) in [6, 6.07) is 0.407. The molecule has 21 heavy (non-hydrogen) atoms. The number of likely N-dealkylation sites (tertiary alicyclic amines) is 1. The first-order valence-electron chi connectivity index (χ1n) is 8.84. The van der Waals surface area contributed by atoms with Crippen LogP contribution in [0.15, 0.2) is 0 Å². The van der Waals surface area contributed by atoms with Crippen LogP contribution in [-0.2, 0) is 4.74 Å². The minimum absolute atomic E-state index is 0.327. The molecule has 1 unspecified atom stereocenters. The maximum Gasteiger partial charge on any atom is 0.0587 e. The third-order valence-electron chi connectivity index (χ3n) is 5.40. The summed E-state index contributed by atoms with van der Waals surface area (Å²) < 4.78 is 5.15. The number of aliphatic hydroxyl groups excluding tert-OH is 1. The Labute approximate surface area is 130 Å². The van der Waals surface area contributed by atoms with Crippen LogP contribution in [0.2, 0.25) is 0 Å². The van der Waals surface area contributed by atoms with Crippen molar-refractivity contribution in [3.63, 3.8) is 0 Å². The number of aliphatic hydroxyl groups is 1. The fourth-order valence-corrected chi connectivity index (χ4v) is 4.14. The molecule has 1 aliphatic heterocycles. The minimum atomic E-state index is 0.327. The van der Waals surface area contributed by atoms with Crippen LogP contribution in [0.3, 0.4) is 0 Å². The summed E-state index contributed by atoms with van der Waals surface area (Å²) in [6.07, 6.45) is 10.6. The Balaban J connectivity index is 1.93. The highest BCUT2D eigenvalue weighted by atomic mass is 16.5. The van der Waals surface area contributed by atoms with Crippen molar-refractivity contribution >= 4 is 0 Å². The zero-order valence-corrected chi connectivity index (χ0v) is 13.8. The molecule has 2 rings (SSSR count). The minimum Gasteiger partial charge on any atom is -0.395 e. The zero-order chi connectivity index (χ0) is 15.0. The Morgan fingerprint density at radius 1 is 1.19 bits per heavy atom. The normalized spacial score (nSPS) is 26.9. The third-order valence-corrected chi connectivity index (χ3v) is 5.40. The van der Waals surface area contributed by atoms with E-state index in [0.717, 1.165) is 26.2 Å². The first-order chi connectivity index (χ1) is 10.3. The van der Waals surface area contributed by atoms with E-state index >= 15 is 0 Å². The first-order valence-corrected chi connectivity index (χ1v) is 8.84. The Hall–Kier alpha value is -0.160. The lowest BCUT2D eigenvalue weighted by molar-refractivity contribution is 0.0874. The second kappa shape index (κ2) is 9.09. The molecular weight excluding hydrogens is 264 g/mol. The van der Waals surface area contributed by atoms with Crippen molar-refractivity contribution in [1.29, 1.82) is 0 Å². The molecule has 124 valence electrons. The number of methoxy groups -OCH3 is 1. The van der Waals surface area contributed by atoms with Crippen LogP contribution in [0.4, 0.5) is 0 Å². The third kappa shape index (κ3) is 5.20. The molecule has 1 saturated carbocycles. The summed E-state index contributed by atoms with van der Waals surface area (Å²) in [6.45, 7) is 5.50. The molecule has 1 atom stereocenters. The van der Waals surface area contributed by atoms with Gasteiger partial charge in [0.15, 0.2) is 0 Å². The molecule has 0 radical (unpaired) electrons. The largest absolute Gasteiger partial charge is 0.395 e. The van der Waals surface area contributed by atoms with Crippen molar-refractivity contribution in [2.75, 3.05) is 46.5 Å². The number of hydrogen-bond donors (Lipinski definition) is 2. The van der Waals surface area contributed by atoms with Gasteiger partial charge < -0.3 is 15.2 Å². The van der Waals surface area contributed by atoms with Gasteiger partial charge in [0.2, 0.25) is 0 Å². The fraction of sp³-hybridized carbons (Fsp3) is 1.00. The van der Waals surface area contributed by atoms with Gasteiger partial charge in [-0.15, -0.1) is 0 Å². The molecule has 1 heterocycles. The first kappa shape index (κ1) is 17.2. The Morgan fingerprint density at radius 3 is 2.62 bits per heavy atom. The van der Waals surface area contributed by atoms with E-state index in [4.69, 9.17) is 4.74 Å². The van der Waals surface area contributed by atoms with Gasteiger partial charge in [-0.25, -0.2) is 0 Å². The van der Waals surface area contributed by atoms with Crippen molar-refractivity contribution in [3.8, 4) is 0 Å². The molecule has 0 bridgehead atoms. The van der Waals surface area contributed by atoms with Crippen LogP contribution < -0.4 is 5.32 Å². The van der Waals surface area contributed by atoms with Gasteiger partial charge in [0.25, 0.3) is 0 Å². The van der Waals surface area contributed by atoms with Crippen LogP contribution >= 0.6 is 0 Å². The monoisotopic (exact) mass is 298 g/mol. The highest BCUT2D eigenvalue weighted by Gasteiger charge is 2.36. The lowest BCUT2D eigenvalue weighted by atomic mass is 9.79. The van der Waals surface area contributed by atoms with Crippen LogP contribution in [-0.4, -0.2) is 62.6 Å². The average Bonchev–Trinajstić information content (AvgIpc) is 2.81. The summed E-state index contributed by atoms with van der Waals surface area (Å²) in [7, 11) is 1.76. The molecule has 2 N–H and O–H groups in total. The van der Waals surface area contributed by atoms with Crippen molar-refractivity contribution < 1.29 is 9.84 Å². The molecule has 1 saturated heterocycles. The highest BCUT2D eigenvalue weighted by molar-refractivity contribution is 4.90. The Morgan fingerprint density at radius 2 is 1.95 bits per heavy atom. The van der Waals surface area contributed by atoms with E-state index in [1.807, 2.05) is 0 Å². The van der Waals surface area contributed by atoms with E-state index in [2.05, 4.69) is 10.2 Å². The van der Waals surface area contributed by atoms with E-state index in [-0.39, 0.29) is 0 Å². The quantitative estimate of drug-likeness (QED) is 0.531. The molecule has 4 heteroatoms. The van der Waals surface area contributed by atoms with E-state index in [9.17, 15) is 5.11 Å². The second-order valence-electron chi connectivity index (χ2n) is 7.03. The van der Waals surface area contributed by atoms with E-state index in [1.165, 1.54) is 57.9 Å². The topological polar surface area (TPSA) is 44.7 Å². The van der Waals surface area contributed by atoms with Crippen LogP contribution in [0.1, 0.15) is 51.4 Å². The Bertz CT molecular complexity index is 278. The SMILES string of the molecule is COCCNCC1(CN2CCCC2CO)CCCCCC1. The van der Waals surface area contributed by atoms with Gasteiger partial charge in [-0.2, -0.15) is 0 Å². The molecule has 0 aromatic heterocycles. The lowest BCUT2D eigenvalue weighted by Crippen LogP contribution is -2.46. The summed E-state index contributed by atoms with van der Waals surface area (Å²) in [4.78, 5) is 2.56. The number of rotatable bonds is 8. The zero-order valence-electron chi connectivity index (χ0n) is 13.8. The Kier molecular flexibility index (Phi) is 7.44. The summed E-state index contributed by atoms with van der Waals surface area (Å²) in [5, 5.41) is 13.2. The number of nitrogens with zero attached hydrogens (tertiary/aromatic N) is 1. The molecule has 0 spiro atoms. The van der Waals surface area contributed by atoms with Crippen LogP contribution in [0.25, 0.3) is 0 Å². The molecule has 0 aromatic carbocycles. The van der Waals surface area contributed by atoms with Gasteiger partial charge in [-0.3, -0.25) is 4.90 Å².